The van der Waals surface area contributed by atoms with Gasteiger partial charge in [0.15, 0.2) is 0 Å². The molecule has 0 heterocycles. The van der Waals surface area contributed by atoms with Crippen LogP contribution in [0.3, 0.4) is 0 Å². The first-order valence-electron chi connectivity index (χ1n) is 10.6. The summed E-state index contributed by atoms with van der Waals surface area (Å²) in [6.07, 6.45) is 0.197. The second-order valence-electron chi connectivity index (χ2n) is 7.74. The van der Waals surface area contributed by atoms with Crippen molar-refractivity contribution in [2.24, 2.45) is 0 Å². The van der Waals surface area contributed by atoms with Gasteiger partial charge in [0.2, 0.25) is 5.91 Å². The molecule has 2 aromatic carbocycles. The highest BCUT2D eigenvalue weighted by molar-refractivity contribution is 5.95. The van der Waals surface area contributed by atoms with Gasteiger partial charge in [-0.25, -0.2) is 0 Å². The van der Waals surface area contributed by atoms with E-state index < -0.39 is 5.97 Å². The molecule has 0 radical (unpaired) electrons. The van der Waals surface area contributed by atoms with Gasteiger partial charge in [0, 0.05) is 24.8 Å². The summed E-state index contributed by atoms with van der Waals surface area (Å²) < 4.78 is 15.5. The van der Waals surface area contributed by atoms with Crippen molar-refractivity contribution in [2.45, 2.75) is 26.8 Å². The van der Waals surface area contributed by atoms with Crippen LogP contribution in [0, 0.1) is 25.2 Å². The molecule has 0 spiro atoms. The van der Waals surface area contributed by atoms with Crippen LogP contribution in [-0.4, -0.2) is 57.7 Å². The lowest BCUT2D eigenvalue weighted by Gasteiger charge is -2.27. The number of anilines is 1. The molecular formula is C25H31N3O5. The number of nitrogens with zero attached hydrogens (tertiary/aromatic N) is 3. The molecule has 0 fully saturated rings. The van der Waals surface area contributed by atoms with E-state index in [1.807, 2.05) is 44.2 Å². The van der Waals surface area contributed by atoms with Crippen molar-refractivity contribution in [3.8, 4) is 17.6 Å². The fraction of sp³-hybridized carbons (Fsp3) is 0.400. The lowest BCUT2D eigenvalue weighted by molar-refractivity contribution is -0.142. The molecule has 8 heteroatoms. The molecule has 176 valence electrons. The zero-order valence-electron chi connectivity index (χ0n) is 19.9. The van der Waals surface area contributed by atoms with E-state index in [9.17, 15) is 9.59 Å². The van der Waals surface area contributed by atoms with Crippen LogP contribution in [0.5, 0.6) is 11.5 Å². The van der Waals surface area contributed by atoms with Crippen molar-refractivity contribution in [3.63, 3.8) is 0 Å². The largest absolute Gasteiger partial charge is 0.497 e. The topological polar surface area (TPSA) is 92.1 Å². The lowest BCUT2D eigenvalue weighted by Crippen LogP contribution is -2.42. The van der Waals surface area contributed by atoms with E-state index in [2.05, 4.69) is 6.07 Å². The molecule has 2 rings (SSSR count). The van der Waals surface area contributed by atoms with Gasteiger partial charge in [0.1, 0.15) is 11.5 Å². The fourth-order valence-electron chi connectivity index (χ4n) is 3.57. The van der Waals surface area contributed by atoms with E-state index in [4.69, 9.17) is 19.5 Å². The molecule has 0 aliphatic carbocycles. The standard InChI is InChI=1S/C25H31N3O5/c1-18-9-19(2)11-21(10-18)28(8-6-7-26)24(29)16-27(17-25(30)33-5)15-20-12-22(31-3)14-23(13-20)32-4/h9-14H,6,8,15-17H2,1-5H3. The molecule has 0 aliphatic heterocycles. The fourth-order valence-corrected chi connectivity index (χ4v) is 3.57. The summed E-state index contributed by atoms with van der Waals surface area (Å²) in [6.45, 7) is 4.38. The van der Waals surface area contributed by atoms with Crippen LogP contribution in [0.2, 0.25) is 0 Å². The Morgan fingerprint density at radius 3 is 2.03 bits per heavy atom. The number of methoxy groups -OCH3 is 3. The molecule has 0 aromatic heterocycles. The van der Waals surface area contributed by atoms with Gasteiger partial charge >= 0.3 is 5.97 Å². The number of rotatable bonds is 11. The van der Waals surface area contributed by atoms with Gasteiger partial charge in [-0.2, -0.15) is 5.26 Å². The Kier molecular flexibility index (Phi) is 9.70. The summed E-state index contributed by atoms with van der Waals surface area (Å²) in [7, 11) is 4.43. The van der Waals surface area contributed by atoms with Gasteiger partial charge in [-0.05, 0) is 54.8 Å². The maximum absolute atomic E-state index is 13.4. The van der Waals surface area contributed by atoms with Crippen LogP contribution in [0.15, 0.2) is 36.4 Å². The number of hydrogen-bond donors (Lipinski definition) is 0. The van der Waals surface area contributed by atoms with E-state index in [1.54, 1.807) is 30.1 Å². The number of carbonyl (C=O) groups excluding carboxylic acids is 2. The van der Waals surface area contributed by atoms with Crippen LogP contribution < -0.4 is 14.4 Å². The molecule has 0 N–H and O–H groups in total. The molecular weight excluding hydrogens is 422 g/mol. The Labute approximate surface area is 195 Å². The SMILES string of the molecule is COC(=O)CN(CC(=O)N(CCC#N)c1cc(C)cc(C)c1)Cc1cc(OC)cc(OC)c1. The molecule has 33 heavy (non-hydrogen) atoms. The van der Waals surface area contributed by atoms with Gasteiger partial charge in [-0.15, -0.1) is 0 Å². The third-order valence-electron chi connectivity index (χ3n) is 5.02. The third-order valence-corrected chi connectivity index (χ3v) is 5.02. The number of carbonyl (C=O) groups is 2. The molecule has 0 saturated carbocycles. The van der Waals surface area contributed by atoms with Gasteiger partial charge in [0.05, 0.1) is 46.9 Å². The number of benzene rings is 2. The van der Waals surface area contributed by atoms with E-state index in [0.717, 1.165) is 22.4 Å². The molecule has 0 bridgehead atoms. The van der Waals surface area contributed by atoms with E-state index in [-0.39, 0.29) is 32.0 Å². The number of hydrogen-bond acceptors (Lipinski definition) is 7. The Hall–Kier alpha value is -3.57. The van der Waals surface area contributed by atoms with Crippen molar-refractivity contribution in [3.05, 3.63) is 53.1 Å². The molecule has 0 saturated heterocycles. The number of ether oxygens (including phenoxy) is 3. The summed E-state index contributed by atoms with van der Waals surface area (Å²) >= 11 is 0. The van der Waals surface area contributed by atoms with Gasteiger partial charge in [-0.1, -0.05) is 6.07 Å². The maximum Gasteiger partial charge on any atom is 0.319 e. The summed E-state index contributed by atoms with van der Waals surface area (Å²) in [5, 5.41) is 9.10. The summed E-state index contributed by atoms with van der Waals surface area (Å²) in [6, 6.07) is 13.4. The van der Waals surface area contributed by atoms with Gasteiger partial charge in [0.25, 0.3) is 0 Å². The highest BCUT2D eigenvalue weighted by atomic mass is 16.5. The van der Waals surface area contributed by atoms with E-state index >= 15 is 0 Å². The first-order valence-corrected chi connectivity index (χ1v) is 10.6. The van der Waals surface area contributed by atoms with E-state index in [1.165, 1.54) is 7.11 Å². The zero-order chi connectivity index (χ0) is 24.4. The van der Waals surface area contributed by atoms with Gasteiger partial charge < -0.3 is 19.1 Å². The molecule has 8 nitrogen and oxygen atoms in total. The van der Waals surface area contributed by atoms with Crippen molar-refractivity contribution in [1.29, 1.82) is 5.26 Å². The monoisotopic (exact) mass is 453 g/mol. The molecule has 0 aliphatic rings. The lowest BCUT2D eigenvalue weighted by atomic mass is 10.1. The number of nitriles is 1. The zero-order valence-corrected chi connectivity index (χ0v) is 19.9. The number of amides is 1. The summed E-state index contributed by atoms with van der Waals surface area (Å²) in [5.74, 6) is 0.556. The second kappa shape index (κ2) is 12.5. The average molecular weight is 454 g/mol. The first kappa shape index (κ1) is 25.7. The van der Waals surface area contributed by atoms with Crippen molar-refractivity contribution in [2.75, 3.05) is 45.9 Å². The van der Waals surface area contributed by atoms with Crippen LogP contribution >= 0.6 is 0 Å². The molecule has 2 aromatic rings. The Morgan fingerprint density at radius 1 is 0.909 bits per heavy atom. The second-order valence-corrected chi connectivity index (χ2v) is 7.74. The van der Waals surface area contributed by atoms with E-state index in [0.29, 0.717) is 18.0 Å². The Morgan fingerprint density at radius 2 is 1.52 bits per heavy atom. The van der Waals surface area contributed by atoms with Crippen molar-refractivity contribution >= 4 is 17.6 Å². The number of esters is 1. The number of aryl methyl sites for hydroxylation is 2. The molecule has 1 amide bonds. The quantitative estimate of drug-likeness (QED) is 0.482. The highest BCUT2D eigenvalue weighted by Crippen LogP contribution is 2.24. The predicted molar refractivity (Wildman–Crippen MR) is 125 cm³/mol. The minimum atomic E-state index is -0.451. The maximum atomic E-state index is 13.4. The average Bonchev–Trinajstić information content (AvgIpc) is 2.78. The van der Waals surface area contributed by atoms with Crippen LogP contribution in [0.25, 0.3) is 0 Å². The first-order chi connectivity index (χ1) is 15.8. The van der Waals surface area contributed by atoms with Crippen LogP contribution in [0.4, 0.5) is 5.69 Å². The molecule has 0 unspecified atom stereocenters. The Bertz CT molecular complexity index is 973. The minimum absolute atomic E-state index is 0.0347. The third kappa shape index (κ3) is 7.81. The van der Waals surface area contributed by atoms with Crippen LogP contribution in [0.1, 0.15) is 23.1 Å². The smallest absolute Gasteiger partial charge is 0.319 e. The van der Waals surface area contributed by atoms with Crippen LogP contribution in [-0.2, 0) is 20.9 Å². The van der Waals surface area contributed by atoms with Gasteiger partial charge in [-0.3, -0.25) is 14.5 Å². The van der Waals surface area contributed by atoms with Crippen molar-refractivity contribution < 1.29 is 23.8 Å². The normalized spacial score (nSPS) is 10.5. The summed E-state index contributed by atoms with van der Waals surface area (Å²) in [5.41, 5.74) is 3.59. The van der Waals surface area contributed by atoms with Crippen molar-refractivity contribution in [1.82, 2.24) is 4.90 Å². The molecule has 0 atom stereocenters. The highest BCUT2D eigenvalue weighted by Gasteiger charge is 2.22. The summed E-state index contributed by atoms with van der Waals surface area (Å²) in [4.78, 5) is 28.7. The predicted octanol–water partition coefficient (Wildman–Crippen LogP) is 3.24. The minimum Gasteiger partial charge on any atom is -0.497 e. The Balaban J connectivity index is 2.32.